The molecule has 1 aromatic heterocycles. The standard InChI is InChI=1S/C22H26N4O4S2/c1-6-18(26(32(5,28)29)19-13-14(2)7-8-15(19)3)20(27)23-22-25-24-21(31-22)16-9-11-17(30-4)12-10-16/h7-13,18H,6H2,1-5H3,(H,23,25,27)/t18-/m0/s1. The third kappa shape index (κ3) is 5.25. The molecule has 3 aromatic rings. The van der Waals surface area contributed by atoms with Crippen LogP contribution < -0.4 is 14.4 Å². The Morgan fingerprint density at radius 2 is 1.84 bits per heavy atom. The van der Waals surface area contributed by atoms with Gasteiger partial charge < -0.3 is 4.74 Å². The van der Waals surface area contributed by atoms with E-state index in [4.69, 9.17) is 4.74 Å². The predicted octanol–water partition coefficient (Wildman–Crippen LogP) is 4.01. The Balaban J connectivity index is 1.87. The van der Waals surface area contributed by atoms with Crippen molar-refractivity contribution in [3.05, 3.63) is 53.6 Å². The first-order valence-corrected chi connectivity index (χ1v) is 12.7. The van der Waals surface area contributed by atoms with Crippen LogP contribution in [0.25, 0.3) is 10.6 Å². The van der Waals surface area contributed by atoms with Crippen molar-refractivity contribution in [1.29, 1.82) is 0 Å². The molecule has 1 amide bonds. The molecule has 1 atom stereocenters. The molecule has 1 N–H and O–H groups in total. The molecule has 0 aliphatic heterocycles. The number of methoxy groups -OCH3 is 1. The molecule has 1 heterocycles. The van der Waals surface area contributed by atoms with Crippen molar-refractivity contribution in [3.8, 4) is 16.3 Å². The van der Waals surface area contributed by atoms with Gasteiger partial charge in [0, 0.05) is 5.56 Å². The van der Waals surface area contributed by atoms with E-state index in [1.165, 1.54) is 15.6 Å². The lowest BCUT2D eigenvalue weighted by atomic mass is 10.1. The Labute approximate surface area is 192 Å². The molecule has 0 spiro atoms. The summed E-state index contributed by atoms with van der Waals surface area (Å²) in [5.74, 6) is 0.265. The van der Waals surface area contributed by atoms with E-state index in [1.807, 2.05) is 50.2 Å². The second-order valence-electron chi connectivity index (χ2n) is 7.40. The summed E-state index contributed by atoms with van der Waals surface area (Å²) in [5, 5.41) is 11.9. The molecule has 2 aromatic carbocycles. The van der Waals surface area contributed by atoms with Crippen molar-refractivity contribution in [3.63, 3.8) is 0 Å². The van der Waals surface area contributed by atoms with E-state index >= 15 is 0 Å². The highest BCUT2D eigenvalue weighted by Crippen LogP contribution is 2.30. The number of hydrogen-bond donors (Lipinski definition) is 1. The Morgan fingerprint density at radius 1 is 1.16 bits per heavy atom. The lowest BCUT2D eigenvalue weighted by Crippen LogP contribution is -2.47. The molecular formula is C22H26N4O4S2. The number of amides is 1. The first kappa shape index (κ1) is 23.7. The second kappa shape index (κ2) is 9.66. The number of sulfonamides is 1. The molecule has 10 heteroatoms. The quantitative estimate of drug-likeness (QED) is 0.529. The monoisotopic (exact) mass is 474 g/mol. The summed E-state index contributed by atoms with van der Waals surface area (Å²) < 4.78 is 31.8. The number of aryl methyl sites for hydroxylation is 2. The second-order valence-corrected chi connectivity index (χ2v) is 10.2. The van der Waals surface area contributed by atoms with Gasteiger partial charge in [-0.05, 0) is 61.7 Å². The van der Waals surface area contributed by atoms with Gasteiger partial charge in [0.2, 0.25) is 21.1 Å². The van der Waals surface area contributed by atoms with Crippen molar-refractivity contribution in [2.75, 3.05) is 23.0 Å². The van der Waals surface area contributed by atoms with Crippen molar-refractivity contribution in [2.45, 2.75) is 33.2 Å². The number of carbonyl (C=O) groups is 1. The fraction of sp³-hybridized carbons (Fsp3) is 0.318. The largest absolute Gasteiger partial charge is 0.497 e. The van der Waals surface area contributed by atoms with Gasteiger partial charge in [-0.3, -0.25) is 14.4 Å². The van der Waals surface area contributed by atoms with Crippen molar-refractivity contribution >= 4 is 38.1 Å². The van der Waals surface area contributed by atoms with Gasteiger partial charge >= 0.3 is 0 Å². The van der Waals surface area contributed by atoms with E-state index in [9.17, 15) is 13.2 Å². The van der Waals surface area contributed by atoms with Gasteiger partial charge in [0.15, 0.2) is 0 Å². The van der Waals surface area contributed by atoms with E-state index in [0.29, 0.717) is 15.8 Å². The van der Waals surface area contributed by atoms with Crippen LogP contribution in [0.1, 0.15) is 24.5 Å². The number of aromatic nitrogens is 2. The molecular weight excluding hydrogens is 448 g/mol. The van der Waals surface area contributed by atoms with Gasteiger partial charge in [0.25, 0.3) is 0 Å². The number of rotatable bonds is 8. The lowest BCUT2D eigenvalue weighted by Gasteiger charge is -2.31. The van der Waals surface area contributed by atoms with Crippen molar-refractivity contribution < 1.29 is 17.9 Å². The van der Waals surface area contributed by atoms with E-state index in [-0.39, 0.29) is 6.42 Å². The van der Waals surface area contributed by atoms with Gasteiger partial charge in [0.05, 0.1) is 19.1 Å². The normalized spacial score (nSPS) is 12.3. The maximum atomic E-state index is 13.1. The Morgan fingerprint density at radius 3 is 2.44 bits per heavy atom. The zero-order chi connectivity index (χ0) is 23.5. The van der Waals surface area contributed by atoms with Crippen LogP contribution in [0, 0.1) is 13.8 Å². The smallest absolute Gasteiger partial charge is 0.250 e. The molecule has 0 aliphatic rings. The summed E-state index contributed by atoms with van der Waals surface area (Å²) >= 11 is 1.21. The maximum absolute atomic E-state index is 13.1. The van der Waals surface area contributed by atoms with Gasteiger partial charge in [-0.15, -0.1) is 10.2 Å². The number of hydrogen-bond acceptors (Lipinski definition) is 7. The third-order valence-corrected chi connectivity index (χ3v) is 6.98. The molecule has 0 saturated heterocycles. The van der Waals surface area contributed by atoms with Gasteiger partial charge in [-0.2, -0.15) is 0 Å². The molecule has 3 rings (SSSR count). The number of nitrogens with zero attached hydrogens (tertiary/aromatic N) is 3. The summed E-state index contributed by atoms with van der Waals surface area (Å²) in [6.45, 7) is 5.48. The van der Waals surface area contributed by atoms with E-state index in [2.05, 4.69) is 15.5 Å². The van der Waals surface area contributed by atoms with E-state index < -0.39 is 22.0 Å². The molecule has 170 valence electrons. The number of benzene rings is 2. The van der Waals surface area contributed by atoms with Gasteiger partial charge in [0.1, 0.15) is 16.8 Å². The SMILES string of the molecule is CC[C@@H](C(=O)Nc1nnc(-c2ccc(OC)cc2)s1)N(c1cc(C)ccc1C)S(C)(=O)=O. The highest BCUT2D eigenvalue weighted by molar-refractivity contribution is 7.92. The summed E-state index contributed by atoms with van der Waals surface area (Å²) in [7, 11) is -2.13. The fourth-order valence-corrected chi connectivity index (χ4v) is 5.32. The first-order valence-electron chi connectivity index (χ1n) is 9.99. The highest BCUT2D eigenvalue weighted by Gasteiger charge is 2.33. The third-order valence-electron chi connectivity index (χ3n) is 4.92. The number of ether oxygens (including phenoxy) is 1. The maximum Gasteiger partial charge on any atom is 0.250 e. The minimum atomic E-state index is -3.72. The van der Waals surface area contributed by atoms with Crippen LogP contribution in [0.15, 0.2) is 42.5 Å². The van der Waals surface area contributed by atoms with Crippen molar-refractivity contribution in [1.82, 2.24) is 10.2 Å². The topological polar surface area (TPSA) is 101 Å². The van der Waals surface area contributed by atoms with Gasteiger partial charge in [-0.25, -0.2) is 8.42 Å². The van der Waals surface area contributed by atoms with Crippen LogP contribution in [0.5, 0.6) is 5.75 Å². The lowest BCUT2D eigenvalue weighted by molar-refractivity contribution is -0.117. The Hall–Kier alpha value is -2.98. The molecule has 8 nitrogen and oxygen atoms in total. The van der Waals surface area contributed by atoms with Crippen LogP contribution in [-0.4, -0.2) is 43.9 Å². The Kier molecular flexibility index (Phi) is 7.15. The van der Waals surface area contributed by atoms with Crippen LogP contribution in [-0.2, 0) is 14.8 Å². The molecule has 0 radical (unpaired) electrons. The predicted molar refractivity (Wildman–Crippen MR) is 128 cm³/mol. The van der Waals surface area contributed by atoms with E-state index in [1.54, 1.807) is 20.1 Å². The Bertz CT molecular complexity index is 1210. The zero-order valence-electron chi connectivity index (χ0n) is 18.6. The van der Waals surface area contributed by atoms with Crippen molar-refractivity contribution in [2.24, 2.45) is 0 Å². The summed E-state index contributed by atoms with van der Waals surface area (Å²) in [4.78, 5) is 13.1. The minimum absolute atomic E-state index is 0.288. The fourth-order valence-electron chi connectivity index (χ4n) is 3.30. The summed E-state index contributed by atoms with van der Waals surface area (Å²) in [5.41, 5.74) is 3.00. The van der Waals surface area contributed by atoms with Crippen LogP contribution in [0.2, 0.25) is 0 Å². The number of nitrogens with one attached hydrogen (secondary N) is 1. The number of carbonyl (C=O) groups excluding carboxylic acids is 1. The highest BCUT2D eigenvalue weighted by atomic mass is 32.2. The summed E-state index contributed by atoms with van der Waals surface area (Å²) in [6, 6.07) is 11.9. The average Bonchev–Trinajstić information content (AvgIpc) is 3.21. The molecule has 0 fully saturated rings. The average molecular weight is 475 g/mol. The molecule has 32 heavy (non-hydrogen) atoms. The molecule has 0 unspecified atom stereocenters. The first-order chi connectivity index (χ1) is 15.1. The summed E-state index contributed by atoms with van der Waals surface area (Å²) in [6.07, 6.45) is 1.40. The molecule has 0 aliphatic carbocycles. The molecule has 0 bridgehead atoms. The number of anilines is 2. The minimum Gasteiger partial charge on any atom is -0.497 e. The van der Waals surface area contributed by atoms with Crippen LogP contribution in [0.4, 0.5) is 10.8 Å². The van der Waals surface area contributed by atoms with Crippen LogP contribution in [0.3, 0.4) is 0 Å². The van der Waals surface area contributed by atoms with Crippen LogP contribution >= 0.6 is 11.3 Å². The van der Waals surface area contributed by atoms with E-state index in [0.717, 1.165) is 28.7 Å². The molecule has 0 saturated carbocycles. The zero-order valence-corrected chi connectivity index (χ0v) is 20.3. The van der Waals surface area contributed by atoms with Gasteiger partial charge in [-0.1, -0.05) is 30.4 Å².